The Kier molecular flexibility index (Phi) is 6.98. The normalized spacial score (nSPS) is 12.6. The third-order valence-electron chi connectivity index (χ3n) is 5.01. The molecule has 0 bridgehead atoms. The summed E-state index contributed by atoms with van der Waals surface area (Å²) in [6, 6.07) is 33.3. The SMILES string of the molecule is Br.CCCCP(P)(c1ccccc1)(c1ccccc1)c1ccccc1. The molecule has 0 aromatic heterocycles. The predicted molar refractivity (Wildman–Crippen MR) is 125 cm³/mol. The zero-order chi connectivity index (χ0) is 16.9. The van der Waals surface area contributed by atoms with Crippen molar-refractivity contribution in [1.82, 2.24) is 0 Å². The van der Waals surface area contributed by atoms with E-state index in [2.05, 4.69) is 107 Å². The molecule has 0 aliphatic carbocycles. The molecule has 3 aromatic carbocycles. The minimum absolute atomic E-state index is 0. The van der Waals surface area contributed by atoms with Gasteiger partial charge >= 0.3 is 148 Å². The molecule has 0 aliphatic heterocycles. The van der Waals surface area contributed by atoms with Crippen molar-refractivity contribution in [1.29, 1.82) is 0 Å². The van der Waals surface area contributed by atoms with E-state index in [1.54, 1.807) is 0 Å². The van der Waals surface area contributed by atoms with Crippen molar-refractivity contribution in [3.8, 4) is 0 Å². The summed E-state index contributed by atoms with van der Waals surface area (Å²) in [5.41, 5.74) is 0. The third-order valence-corrected chi connectivity index (χ3v) is 14.2. The van der Waals surface area contributed by atoms with Gasteiger partial charge in [-0.2, -0.15) is 0 Å². The van der Waals surface area contributed by atoms with E-state index >= 15 is 0 Å². The molecule has 0 amide bonds. The van der Waals surface area contributed by atoms with Crippen LogP contribution in [0.3, 0.4) is 0 Å². The topological polar surface area (TPSA) is 0 Å². The monoisotopic (exact) mass is 432 g/mol. The summed E-state index contributed by atoms with van der Waals surface area (Å²) in [5, 5.41) is 4.37. The maximum absolute atomic E-state index is 3.40. The van der Waals surface area contributed by atoms with Gasteiger partial charge in [-0.15, -0.1) is 17.0 Å². The summed E-state index contributed by atoms with van der Waals surface area (Å²) in [5.74, 6) is 0. The zero-order valence-corrected chi connectivity index (χ0v) is 18.5. The molecule has 0 spiro atoms. The summed E-state index contributed by atoms with van der Waals surface area (Å²) in [4.78, 5) is 0. The summed E-state index contributed by atoms with van der Waals surface area (Å²) < 4.78 is 0. The van der Waals surface area contributed by atoms with Crippen molar-refractivity contribution in [3.05, 3.63) is 91.0 Å². The van der Waals surface area contributed by atoms with Gasteiger partial charge in [-0.05, 0) is 0 Å². The molecule has 0 nitrogen and oxygen atoms in total. The molecule has 0 fully saturated rings. The molecule has 3 aromatic rings. The first-order valence-corrected chi connectivity index (χ1v) is 12.7. The van der Waals surface area contributed by atoms with Crippen LogP contribution >= 0.6 is 32.2 Å². The molecule has 3 heteroatoms. The number of hydrogen-bond acceptors (Lipinski definition) is 0. The Morgan fingerprint density at radius 2 is 0.960 bits per heavy atom. The number of unbranched alkanes of at least 4 members (excludes halogenated alkanes) is 1. The number of rotatable bonds is 6. The Balaban J connectivity index is 0.00000225. The molecule has 1 atom stereocenters. The van der Waals surface area contributed by atoms with E-state index < -0.39 is 6.29 Å². The molecule has 25 heavy (non-hydrogen) atoms. The fourth-order valence-corrected chi connectivity index (χ4v) is 10.9. The van der Waals surface area contributed by atoms with E-state index in [4.69, 9.17) is 0 Å². The van der Waals surface area contributed by atoms with Crippen LogP contribution in [0.25, 0.3) is 0 Å². The van der Waals surface area contributed by atoms with Crippen molar-refractivity contribution < 1.29 is 0 Å². The van der Waals surface area contributed by atoms with Gasteiger partial charge in [0.05, 0.1) is 0 Å². The minimum atomic E-state index is -2.54. The molecule has 0 saturated carbocycles. The molecule has 0 heterocycles. The number of benzene rings is 3. The van der Waals surface area contributed by atoms with Gasteiger partial charge in [0, 0.05) is 0 Å². The van der Waals surface area contributed by atoms with Crippen LogP contribution in [0.4, 0.5) is 0 Å². The van der Waals surface area contributed by atoms with Crippen LogP contribution in [0.15, 0.2) is 91.0 Å². The molecule has 1 unspecified atom stereocenters. The Morgan fingerprint density at radius 1 is 0.640 bits per heavy atom. The summed E-state index contributed by atoms with van der Waals surface area (Å²) in [6.07, 6.45) is 1.08. The summed E-state index contributed by atoms with van der Waals surface area (Å²) in [7, 11) is 3.40. The first-order valence-electron chi connectivity index (χ1n) is 8.68. The van der Waals surface area contributed by atoms with E-state index in [1.165, 1.54) is 34.9 Å². The Bertz CT molecular complexity index is 673. The quantitative estimate of drug-likeness (QED) is 0.439. The van der Waals surface area contributed by atoms with E-state index in [-0.39, 0.29) is 17.0 Å². The van der Waals surface area contributed by atoms with Crippen LogP contribution in [-0.2, 0) is 0 Å². The van der Waals surface area contributed by atoms with Crippen molar-refractivity contribution >= 4 is 48.1 Å². The van der Waals surface area contributed by atoms with Gasteiger partial charge in [-0.3, -0.25) is 0 Å². The van der Waals surface area contributed by atoms with Crippen LogP contribution < -0.4 is 15.9 Å². The van der Waals surface area contributed by atoms with E-state index in [9.17, 15) is 0 Å². The van der Waals surface area contributed by atoms with E-state index in [0.717, 1.165) is 0 Å². The van der Waals surface area contributed by atoms with Crippen molar-refractivity contribution in [2.45, 2.75) is 19.8 Å². The van der Waals surface area contributed by atoms with Crippen LogP contribution in [0.5, 0.6) is 0 Å². The molecule has 0 aliphatic rings. The second kappa shape index (κ2) is 8.59. The van der Waals surface area contributed by atoms with Gasteiger partial charge in [0.1, 0.15) is 0 Å². The second-order valence-electron chi connectivity index (χ2n) is 6.46. The van der Waals surface area contributed by atoms with E-state index in [1.807, 2.05) is 0 Å². The van der Waals surface area contributed by atoms with Crippen LogP contribution in [0.1, 0.15) is 19.8 Å². The van der Waals surface area contributed by atoms with Gasteiger partial charge in [0.25, 0.3) is 0 Å². The zero-order valence-electron chi connectivity index (χ0n) is 14.7. The molecular formula is C22H27BrP2. The predicted octanol–water partition coefficient (Wildman–Crippen LogP) is 5.68. The first kappa shape index (κ1) is 20.3. The molecule has 132 valence electrons. The van der Waals surface area contributed by atoms with Gasteiger partial charge in [0.15, 0.2) is 0 Å². The average molecular weight is 433 g/mol. The molecule has 0 saturated heterocycles. The molecule has 3 rings (SSSR count). The van der Waals surface area contributed by atoms with Crippen LogP contribution in [0, 0.1) is 0 Å². The van der Waals surface area contributed by atoms with Crippen molar-refractivity contribution in [2.24, 2.45) is 0 Å². The van der Waals surface area contributed by atoms with E-state index in [0.29, 0.717) is 0 Å². The Labute approximate surface area is 164 Å². The van der Waals surface area contributed by atoms with Gasteiger partial charge in [-0.1, -0.05) is 0 Å². The van der Waals surface area contributed by atoms with Crippen molar-refractivity contribution in [2.75, 3.05) is 6.16 Å². The molecule has 0 radical (unpaired) electrons. The van der Waals surface area contributed by atoms with Crippen LogP contribution in [0.2, 0.25) is 0 Å². The molecule has 0 N–H and O–H groups in total. The summed E-state index contributed by atoms with van der Waals surface area (Å²) >= 11 is 0. The fraction of sp³-hybridized carbons (Fsp3) is 0.182. The second-order valence-corrected chi connectivity index (χ2v) is 14.6. The average Bonchev–Trinajstić information content (AvgIpc) is 2.68. The van der Waals surface area contributed by atoms with Gasteiger partial charge < -0.3 is 0 Å². The fourth-order valence-electron chi connectivity index (χ4n) is 3.63. The van der Waals surface area contributed by atoms with Crippen LogP contribution in [-0.4, -0.2) is 6.16 Å². The number of halogens is 1. The summed E-state index contributed by atoms with van der Waals surface area (Å²) in [6.45, 7) is 2.28. The Hall–Kier alpha value is -1.00. The first-order chi connectivity index (χ1) is 11.7. The third kappa shape index (κ3) is 3.61. The number of hydrogen-bond donors (Lipinski definition) is 0. The standard InChI is InChI=1S/C22H26P2.BrH/c1-2-3-19-24(23,20-13-7-4-8-14-20,21-15-9-5-10-16-21)22-17-11-6-12-18-22;/h4-18H,2-3,19,23H2,1H3;1H. The van der Waals surface area contributed by atoms with Gasteiger partial charge in [-0.25, -0.2) is 0 Å². The van der Waals surface area contributed by atoms with Crippen molar-refractivity contribution in [3.63, 3.8) is 0 Å². The molecular weight excluding hydrogens is 406 g/mol. The van der Waals surface area contributed by atoms with Gasteiger partial charge in [0.2, 0.25) is 0 Å². The maximum atomic E-state index is 3.40. The Morgan fingerprint density at radius 3 is 1.24 bits per heavy atom.